The quantitative estimate of drug-likeness (QED) is 0.642. The van der Waals surface area contributed by atoms with Gasteiger partial charge in [-0.25, -0.2) is 4.39 Å². The molecule has 0 atom stereocenters. The van der Waals surface area contributed by atoms with Gasteiger partial charge in [-0.15, -0.1) is 0 Å². The van der Waals surface area contributed by atoms with Crippen LogP contribution < -0.4 is 10.7 Å². The maximum absolute atomic E-state index is 14.8. The van der Waals surface area contributed by atoms with Gasteiger partial charge in [-0.1, -0.05) is 55.0 Å². The van der Waals surface area contributed by atoms with Crippen LogP contribution in [0.3, 0.4) is 0 Å². The van der Waals surface area contributed by atoms with Gasteiger partial charge in [-0.05, 0) is 50.8 Å². The van der Waals surface area contributed by atoms with Gasteiger partial charge in [0.05, 0.1) is 5.69 Å². The first-order chi connectivity index (χ1) is 14.2. The molecule has 0 aliphatic carbocycles. The van der Waals surface area contributed by atoms with Crippen molar-refractivity contribution >= 4 is 11.6 Å². The van der Waals surface area contributed by atoms with E-state index in [0.717, 1.165) is 28.7 Å². The average Bonchev–Trinajstić information content (AvgIpc) is 2.72. The molecule has 3 rings (SSSR count). The number of halogens is 1. The molecule has 0 fully saturated rings. The average molecular weight is 407 g/mol. The smallest absolute Gasteiger partial charge is 0.261 e. The summed E-state index contributed by atoms with van der Waals surface area (Å²) < 4.78 is 16.5. The highest BCUT2D eigenvalue weighted by molar-refractivity contribution is 6.05. The third kappa shape index (κ3) is 4.06. The van der Waals surface area contributed by atoms with Crippen LogP contribution in [0.5, 0.6) is 0 Å². The molecular formula is C25H27FN2O2. The molecule has 0 saturated heterocycles. The second-order valence-corrected chi connectivity index (χ2v) is 7.68. The minimum absolute atomic E-state index is 0.157. The summed E-state index contributed by atoms with van der Waals surface area (Å²) in [4.78, 5) is 25.8. The number of amides is 1. The number of carbonyl (C=O) groups excluding carboxylic acids is 1. The third-order valence-corrected chi connectivity index (χ3v) is 5.58. The van der Waals surface area contributed by atoms with Crippen LogP contribution in [0, 0.1) is 33.5 Å². The van der Waals surface area contributed by atoms with Crippen LogP contribution in [0.2, 0.25) is 0 Å². The molecule has 0 saturated carbocycles. The standard InChI is InChI=1S/C25H27FN2O2/c1-6-20-9-7-8-16(3)23(20)27-25(30)21-17(4)28(18(5)22(26)24(21)29)14-19-12-10-15(2)11-13-19/h7-13H,6,14H2,1-5H3,(H,27,30). The van der Waals surface area contributed by atoms with E-state index in [1.165, 1.54) is 0 Å². The van der Waals surface area contributed by atoms with Crippen molar-refractivity contribution in [3.05, 3.63) is 97.7 Å². The molecular weight excluding hydrogens is 379 g/mol. The van der Waals surface area contributed by atoms with E-state index in [0.29, 0.717) is 17.9 Å². The summed E-state index contributed by atoms with van der Waals surface area (Å²) in [6, 6.07) is 13.6. The summed E-state index contributed by atoms with van der Waals surface area (Å²) in [6.07, 6.45) is 0.732. The zero-order valence-electron chi connectivity index (χ0n) is 18.1. The predicted octanol–water partition coefficient (Wildman–Crippen LogP) is 5.08. The minimum atomic E-state index is -0.890. The molecule has 3 aromatic rings. The molecule has 5 heteroatoms. The number of hydrogen-bond donors (Lipinski definition) is 1. The summed E-state index contributed by atoms with van der Waals surface area (Å²) in [5, 5.41) is 2.85. The molecule has 0 spiro atoms. The van der Waals surface area contributed by atoms with Crippen molar-refractivity contribution in [2.45, 2.75) is 47.6 Å². The zero-order chi connectivity index (χ0) is 22.0. The molecule has 0 unspecified atom stereocenters. The summed E-state index contributed by atoms with van der Waals surface area (Å²) >= 11 is 0. The number of nitrogens with zero attached hydrogens (tertiary/aromatic N) is 1. The van der Waals surface area contributed by atoms with E-state index in [4.69, 9.17) is 0 Å². The van der Waals surface area contributed by atoms with Crippen LogP contribution in [0.4, 0.5) is 10.1 Å². The Morgan fingerprint density at radius 2 is 1.67 bits per heavy atom. The number of hydrogen-bond acceptors (Lipinski definition) is 2. The number of aromatic nitrogens is 1. The number of anilines is 1. The zero-order valence-corrected chi connectivity index (χ0v) is 18.1. The van der Waals surface area contributed by atoms with Gasteiger partial charge in [0.25, 0.3) is 5.91 Å². The van der Waals surface area contributed by atoms with E-state index in [1.54, 1.807) is 18.4 Å². The van der Waals surface area contributed by atoms with Crippen molar-refractivity contribution in [3.8, 4) is 0 Å². The Morgan fingerprint density at radius 3 is 2.30 bits per heavy atom. The first-order valence-electron chi connectivity index (χ1n) is 10.1. The lowest BCUT2D eigenvalue weighted by Gasteiger charge is -2.19. The van der Waals surface area contributed by atoms with Gasteiger partial charge in [-0.2, -0.15) is 0 Å². The van der Waals surface area contributed by atoms with Crippen LogP contribution in [0.1, 0.15) is 50.9 Å². The molecule has 1 aromatic heterocycles. The highest BCUT2D eigenvalue weighted by Crippen LogP contribution is 2.23. The van der Waals surface area contributed by atoms with E-state index in [1.807, 2.05) is 63.2 Å². The van der Waals surface area contributed by atoms with Gasteiger partial charge in [0.15, 0.2) is 5.82 Å². The molecule has 2 aromatic carbocycles. The van der Waals surface area contributed by atoms with E-state index >= 15 is 0 Å². The Bertz CT molecular complexity index is 1160. The SMILES string of the molecule is CCc1cccc(C)c1NC(=O)c1c(C)n(Cc2ccc(C)cc2)c(C)c(F)c1=O. The van der Waals surface area contributed by atoms with Crippen LogP contribution >= 0.6 is 0 Å². The molecule has 0 radical (unpaired) electrons. The highest BCUT2D eigenvalue weighted by atomic mass is 19.1. The van der Waals surface area contributed by atoms with Crippen molar-refractivity contribution in [2.24, 2.45) is 0 Å². The van der Waals surface area contributed by atoms with Crippen molar-refractivity contribution in [1.82, 2.24) is 4.57 Å². The van der Waals surface area contributed by atoms with Gasteiger partial charge in [-0.3, -0.25) is 9.59 Å². The van der Waals surface area contributed by atoms with Crippen LogP contribution in [-0.4, -0.2) is 10.5 Å². The van der Waals surface area contributed by atoms with Gasteiger partial charge in [0.2, 0.25) is 5.43 Å². The Balaban J connectivity index is 2.07. The van der Waals surface area contributed by atoms with Gasteiger partial charge in [0, 0.05) is 17.9 Å². The van der Waals surface area contributed by atoms with E-state index in [-0.39, 0.29) is 11.3 Å². The van der Waals surface area contributed by atoms with Crippen LogP contribution in [0.15, 0.2) is 47.3 Å². The molecule has 0 bridgehead atoms. The topological polar surface area (TPSA) is 51.1 Å². The fraction of sp³-hybridized carbons (Fsp3) is 0.280. The van der Waals surface area contributed by atoms with Gasteiger partial charge < -0.3 is 9.88 Å². The fourth-order valence-corrected chi connectivity index (χ4v) is 3.70. The Kier molecular flexibility index (Phi) is 6.20. The van der Waals surface area contributed by atoms with Crippen molar-refractivity contribution < 1.29 is 9.18 Å². The fourth-order valence-electron chi connectivity index (χ4n) is 3.70. The maximum atomic E-state index is 14.8. The highest BCUT2D eigenvalue weighted by Gasteiger charge is 2.23. The first kappa shape index (κ1) is 21.5. The number of benzene rings is 2. The van der Waals surface area contributed by atoms with Gasteiger partial charge in [0.1, 0.15) is 5.56 Å². The van der Waals surface area contributed by atoms with E-state index in [2.05, 4.69) is 5.32 Å². The second kappa shape index (κ2) is 8.66. The normalized spacial score (nSPS) is 10.9. The Labute approximate surface area is 176 Å². The minimum Gasteiger partial charge on any atom is -0.341 e. The molecule has 0 aliphatic rings. The molecule has 4 nitrogen and oxygen atoms in total. The first-order valence-corrected chi connectivity index (χ1v) is 10.1. The monoisotopic (exact) mass is 406 g/mol. The van der Waals surface area contributed by atoms with Crippen molar-refractivity contribution in [2.75, 3.05) is 5.32 Å². The third-order valence-electron chi connectivity index (χ3n) is 5.58. The number of rotatable bonds is 5. The number of pyridine rings is 1. The molecule has 156 valence electrons. The molecule has 0 aliphatic heterocycles. The molecule has 1 heterocycles. The number of nitrogens with one attached hydrogen (secondary N) is 1. The lowest BCUT2D eigenvalue weighted by Crippen LogP contribution is -2.30. The Hall–Kier alpha value is -3.21. The number of carbonyl (C=O) groups is 1. The van der Waals surface area contributed by atoms with Crippen molar-refractivity contribution in [1.29, 1.82) is 0 Å². The maximum Gasteiger partial charge on any atom is 0.261 e. The van der Waals surface area contributed by atoms with Crippen LogP contribution in [0.25, 0.3) is 0 Å². The number of aryl methyl sites for hydroxylation is 3. The summed E-state index contributed by atoms with van der Waals surface area (Å²) in [7, 11) is 0. The molecule has 1 amide bonds. The lowest BCUT2D eigenvalue weighted by molar-refractivity contribution is 0.102. The lowest BCUT2D eigenvalue weighted by atomic mass is 10.0. The van der Waals surface area contributed by atoms with E-state index < -0.39 is 17.2 Å². The number of para-hydroxylation sites is 1. The van der Waals surface area contributed by atoms with Crippen molar-refractivity contribution in [3.63, 3.8) is 0 Å². The predicted molar refractivity (Wildman–Crippen MR) is 119 cm³/mol. The summed E-state index contributed by atoms with van der Waals surface area (Å²) in [6.45, 7) is 9.52. The second-order valence-electron chi connectivity index (χ2n) is 7.68. The summed E-state index contributed by atoms with van der Waals surface area (Å²) in [5.41, 5.74) is 4.28. The van der Waals surface area contributed by atoms with Gasteiger partial charge >= 0.3 is 0 Å². The Morgan fingerprint density at radius 1 is 1.00 bits per heavy atom. The summed E-state index contributed by atoms with van der Waals surface area (Å²) in [5.74, 6) is -1.48. The largest absolute Gasteiger partial charge is 0.341 e. The van der Waals surface area contributed by atoms with E-state index in [9.17, 15) is 14.0 Å². The molecule has 30 heavy (non-hydrogen) atoms. The molecule has 1 N–H and O–H groups in total. The van der Waals surface area contributed by atoms with Crippen LogP contribution in [-0.2, 0) is 13.0 Å².